The van der Waals surface area contributed by atoms with E-state index in [1.807, 2.05) is 14.2 Å². The van der Waals surface area contributed by atoms with E-state index in [1.165, 1.54) is 0 Å². The minimum atomic E-state index is -0.178. The molecule has 2 unspecified atom stereocenters. The van der Waals surface area contributed by atoms with Gasteiger partial charge >= 0.3 is 0 Å². The number of rotatable bonds is 0. The molecule has 0 aliphatic carbocycles. The van der Waals surface area contributed by atoms with Crippen LogP contribution in [0.15, 0.2) is 24.4 Å². The van der Waals surface area contributed by atoms with Crippen LogP contribution in [-0.4, -0.2) is 18.3 Å². The lowest BCUT2D eigenvalue weighted by atomic mass is 9.54. The lowest BCUT2D eigenvalue weighted by Crippen LogP contribution is -2.38. The van der Waals surface area contributed by atoms with Crippen LogP contribution in [0.3, 0.4) is 0 Å². The van der Waals surface area contributed by atoms with Crippen molar-refractivity contribution >= 4 is 7.28 Å². The predicted octanol–water partition coefficient (Wildman–Crippen LogP) is 2.12. The molecule has 0 saturated carbocycles. The van der Waals surface area contributed by atoms with Gasteiger partial charge in [-0.05, 0) is 18.3 Å². The highest BCUT2D eigenvalue weighted by Crippen LogP contribution is 2.31. The molecular weight excluding hydrogens is 140 g/mol. The largest absolute Gasteiger partial charge is 0.218 e. The van der Waals surface area contributed by atoms with Crippen molar-refractivity contribution in [2.24, 2.45) is 0 Å². The second kappa shape index (κ2) is 2.72. The van der Waals surface area contributed by atoms with E-state index in [-0.39, 0.29) is 11.8 Å². The molecule has 1 aliphatic rings. The van der Waals surface area contributed by atoms with E-state index in [2.05, 4.69) is 13.2 Å². The van der Waals surface area contributed by atoms with Crippen molar-refractivity contribution in [3.05, 3.63) is 24.4 Å². The smallest absolute Gasteiger partial charge is 0.153 e. The number of allylic oxidation sites excluding steroid dienone is 1. The summed E-state index contributed by atoms with van der Waals surface area (Å²) in [6.07, 6.45) is 0. The zero-order valence-electron chi connectivity index (χ0n) is 6.97. The molecule has 11 heavy (non-hydrogen) atoms. The number of halogens is 1. The maximum Gasteiger partial charge on any atom is 0.153 e. The number of hydrogen-bond acceptors (Lipinski definition) is 1. The van der Waals surface area contributed by atoms with Crippen LogP contribution in [0.25, 0.3) is 0 Å². The standard InChI is InChI=1S/C8H12BFN/c1-5-6(2)9-8(4)11(10)7(5)3/h6,8H,1,3H2,2,4H3. The summed E-state index contributed by atoms with van der Waals surface area (Å²) in [5.41, 5.74) is 1.18. The summed E-state index contributed by atoms with van der Waals surface area (Å²) in [4.78, 5) is 0. The van der Waals surface area contributed by atoms with Crippen molar-refractivity contribution in [3.8, 4) is 0 Å². The van der Waals surface area contributed by atoms with Gasteiger partial charge in [0, 0.05) is 5.94 Å². The van der Waals surface area contributed by atoms with Gasteiger partial charge in [-0.2, -0.15) is 0 Å². The fraction of sp³-hybridized carbons (Fsp3) is 0.500. The van der Waals surface area contributed by atoms with Crippen LogP contribution in [0.4, 0.5) is 4.48 Å². The Labute approximate surface area is 67.8 Å². The zero-order chi connectivity index (χ0) is 8.59. The molecule has 0 aromatic heterocycles. The van der Waals surface area contributed by atoms with Gasteiger partial charge in [0.2, 0.25) is 0 Å². The Morgan fingerprint density at radius 3 is 2.55 bits per heavy atom. The van der Waals surface area contributed by atoms with Gasteiger partial charge in [-0.15, -0.1) is 4.48 Å². The maximum absolute atomic E-state index is 13.0. The third-order valence-corrected chi connectivity index (χ3v) is 2.10. The van der Waals surface area contributed by atoms with Crippen LogP contribution in [-0.2, 0) is 0 Å². The molecule has 0 amide bonds. The van der Waals surface area contributed by atoms with Crippen LogP contribution < -0.4 is 0 Å². The highest BCUT2D eigenvalue weighted by atomic mass is 19.2. The molecule has 1 fully saturated rings. The molecule has 0 aromatic rings. The molecule has 1 radical (unpaired) electrons. The first kappa shape index (κ1) is 8.37. The van der Waals surface area contributed by atoms with Gasteiger partial charge in [0.15, 0.2) is 7.28 Å². The Morgan fingerprint density at radius 1 is 1.45 bits per heavy atom. The van der Waals surface area contributed by atoms with Crippen molar-refractivity contribution in [3.63, 3.8) is 0 Å². The molecule has 0 spiro atoms. The minimum Gasteiger partial charge on any atom is -0.218 e. The lowest BCUT2D eigenvalue weighted by molar-refractivity contribution is 0.0577. The van der Waals surface area contributed by atoms with Crippen molar-refractivity contribution in [2.75, 3.05) is 0 Å². The van der Waals surface area contributed by atoms with E-state index < -0.39 is 0 Å². The number of nitrogens with zero attached hydrogens (tertiary/aromatic N) is 1. The average molecular weight is 152 g/mol. The van der Waals surface area contributed by atoms with Crippen molar-refractivity contribution in [2.45, 2.75) is 25.6 Å². The Kier molecular flexibility index (Phi) is 2.07. The van der Waals surface area contributed by atoms with Crippen LogP contribution in [0.1, 0.15) is 13.8 Å². The fourth-order valence-electron chi connectivity index (χ4n) is 1.26. The van der Waals surface area contributed by atoms with Crippen molar-refractivity contribution < 1.29 is 4.48 Å². The van der Waals surface area contributed by atoms with E-state index in [0.717, 1.165) is 5.57 Å². The molecule has 1 saturated heterocycles. The average Bonchev–Trinajstić information content (AvgIpc) is 1.97. The Morgan fingerprint density at radius 2 is 2.00 bits per heavy atom. The Hall–Kier alpha value is -0.725. The molecule has 0 bridgehead atoms. The zero-order valence-corrected chi connectivity index (χ0v) is 6.97. The van der Waals surface area contributed by atoms with E-state index in [0.29, 0.717) is 10.8 Å². The van der Waals surface area contributed by atoms with Crippen LogP contribution in [0.2, 0.25) is 5.82 Å². The quantitative estimate of drug-likeness (QED) is 0.379. The van der Waals surface area contributed by atoms with Gasteiger partial charge < -0.3 is 0 Å². The number of hydrogen-bond donors (Lipinski definition) is 0. The summed E-state index contributed by atoms with van der Waals surface area (Å²) in [7, 11) is 1.91. The molecular formula is C8H12BFN. The third-order valence-electron chi connectivity index (χ3n) is 2.10. The highest BCUT2D eigenvalue weighted by Gasteiger charge is 2.28. The molecule has 59 valence electrons. The highest BCUT2D eigenvalue weighted by molar-refractivity contribution is 6.41. The van der Waals surface area contributed by atoms with Gasteiger partial charge in [-0.3, -0.25) is 0 Å². The first-order chi connectivity index (χ1) is 5.04. The van der Waals surface area contributed by atoms with E-state index >= 15 is 0 Å². The normalized spacial score (nSPS) is 32.1. The second-order valence-corrected chi connectivity index (χ2v) is 3.00. The van der Waals surface area contributed by atoms with Gasteiger partial charge in [0.05, 0.1) is 5.70 Å². The topological polar surface area (TPSA) is 3.24 Å². The molecule has 0 N–H and O–H groups in total. The van der Waals surface area contributed by atoms with Gasteiger partial charge in [-0.1, -0.05) is 20.1 Å². The van der Waals surface area contributed by atoms with E-state index in [1.54, 1.807) is 6.92 Å². The second-order valence-electron chi connectivity index (χ2n) is 3.00. The van der Waals surface area contributed by atoms with Crippen molar-refractivity contribution in [1.82, 2.24) is 5.12 Å². The Balaban J connectivity index is 2.79. The molecule has 0 aromatic carbocycles. The van der Waals surface area contributed by atoms with Crippen molar-refractivity contribution in [1.29, 1.82) is 0 Å². The molecule has 1 aliphatic heterocycles. The predicted molar refractivity (Wildman–Crippen MR) is 45.9 cm³/mol. The first-order valence-corrected chi connectivity index (χ1v) is 3.72. The van der Waals surface area contributed by atoms with Crippen LogP contribution in [0.5, 0.6) is 0 Å². The fourth-order valence-corrected chi connectivity index (χ4v) is 1.26. The summed E-state index contributed by atoms with van der Waals surface area (Å²) in [6.45, 7) is 11.2. The first-order valence-electron chi connectivity index (χ1n) is 3.72. The SMILES string of the molecule is C=C1C(=C)N(F)C(C)[B]C1C. The van der Waals surface area contributed by atoms with Gasteiger partial charge in [-0.25, -0.2) is 5.12 Å². The summed E-state index contributed by atoms with van der Waals surface area (Å²) in [5, 5.41) is 0.655. The molecule has 1 rings (SSSR count). The minimum absolute atomic E-state index is 0.178. The van der Waals surface area contributed by atoms with Gasteiger partial charge in [0.1, 0.15) is 0 Å². The monoisotopic (exact) mass is 152 g/mol. The lowest BCUT2D eigenvalue weighted by Gasteiger charge is -2.33. The van der Waals surface area contributed by atoms with Crippen LogP contribution in [0, 0.1) is 0 Å². The molecule has 1 nitrogen and oxygen atoms in total. The molecule has 3 heteroatoms. The van der Waals surface area contributed by atoms with Gasteiger partial charge in [0.25, 0.3) is 0 Å². The summed E-state index contributed by atoms with van der Waals surface area (Å²) in [6, 6.07) is 0. The Bertz CT molecular complexity index is 202. The molecule has 2 atom stereocenters. The maximum atomic E-state index is 13.0. The summed E-state index contributed by atoms with van der Waals surface area (Å²) < 4.78 is 13.0. The summed E-state index contributed by atoms with van der Waals surface area (Å²) >= 11 is 0. The van der Waals surface area contributed by atoms with Crippen LogP contribution >= 0.6 is 0 Å². The third kappa shape index (κ3) is 1.32. The van der Waals surface area contributed by atoms with E-state index in [4.69, 9.17) is 0 Å². The summed E-state index contributed by atoms with van der Waals surface area (Å²) in [5.74, 6) is 0.0625. The molecule has 1 heterocycles. The van der Waals surface area contributed by atoms with E-state index in [9.17, 15) is 4.48 Å².